The Morgan fingerprint density at radius 3 is 2.50 bits per heavy atom. The van der Waals surface area contributed by atoms with Crippen LogP contribution in [0.1, 0.15) is 5.82 Å². The summed E-state index contributed by atoms with van der Waals surface area (Å²) >= 11 is 3.64. The highest BCUT2D eigenvalue weighted by atomic mass is 32.2. The highest BCUT2D eigenvalue weighted by Gasteiger charge is 2.35. The molecule has 0 aliphatic rings. The van der Waals surface area contributed by atoms with Crippen LogP contribution in [0.3, 0.4) is 0 Å². The first-order valence-electron chi connectivity index (χ1n) is 4.90. The molecule has 0 aromatic carbocycles. The molecule has 0 saturated carbocycles. The average molecular weight is 340 g/mol. The molecular weight excluding hydrogens is 333 g/mol. The molecule has 2 aromatic heterocycles. The Balaban J connectivity index is 2.31. The number of rotatable bonds is 4. The number of aromatic nitrogens is 4. The van der Waals surface area contributed by atoms with Crippen molar-refractivity contribution in [1.82, 2.24) is 20.2 Å². The van der Waals surface area contributed by atoms with E-state index < -0.39 is 12.0 Å². The normalized spacial score (nSPS) is 11.7. The minimum Gasteiger partial charge on any atom is -0.308 e. The third-order valence-corrected chi connectivity index (χ3v) is 4.73. The van der Waals surface area contributed by atoms with Crippen molar-refractivity contribution in [3.05, 3.63) is 11.9 Å². The fourth-order valence-electron chi connectivity index (χ4n) is 1.09. The summed E-state index contributed by atoms with van der Waals surface area (Å²) in [4.78, 5) is 6.71. The second-order valence-corrected chi connectivity index (χ2v) is 6.50. The van der Waals surface area contributed by atoms with E-state index in [1.165, 1.54) is 29.2 Å². The molecule has 0 spiro atoms. The van der Waals surface area contributed by atoms with Gasteiger partial charge in [0.1, 0.15) is 10.8 Å². The second kappa shape index (κ2) is 6.11. The lowest BCUT2D eigenvalue weighted by atomic mass is 10.5. The van der Waals surface area contributed by atoms with Crippen LogP contribution in [0, 0.1) is 0 Å². The van der Waals surface area contributed by atoms with Crippen molar-refractivity contribution in [2.45, 2.75) is 19.9 Å². The second-order valence-electron chi connectivity index (χ2n) is 3.20. The summed E-state index contributed by atoms with van der Waals surface area (Å²) in [6.07, 6.45) is -2.81. The lowest BCUT2D eigenvalue weighted by Crippen LogP contribution is -2.16. The van der Waals surface area contributed by atoms with Crippen molar-refractivity contribution in [2.24, 2.45) is 5.84 Å². The maximum atomic E-state index is 12.7. The zero-order valence-electron chi connectivity index (χ0n) is 9.80. The van der Waals surface area contributed by atoms with E-state index in [9.17, 15) is 13.2 Å². The van der Waals surface area contributed by atoms with Crippen LogP contribution in [0.15, 0.2) is 19.8 Å². The summed E-state index contributed by atoms with van der Waals surface area (Å²) < 4.78 is 39.2. The van der Waals surface area contributed by atoms with Crippen LogP contribution < -0.4 is 11.3 Å². The number of alkyl halides is 3. The Kier molecular flexibility index (Phi) is 4.67. The van der Waals surface area contributed by atoms with E-state index in [4.69, 9.17) is 5.84 Å². The molecule has 108 valence electrons. The van der Waals surface area contributed by atoms with E-state index in [2.05, 4.69) is 25.6 Å². The summed E-state index contributed by atoms with van der Waals surface area (Å²) in [5.41, 5.74) is 2.08. The fraction of sp³-hybridized carbons (Fsp3) is 0.250. The predicted molar refractivity (Wildman–Crippen MR) is 70.7 cm³/mol. The summed E-state index contributed by atoms with van der Waals surface area (Å²) in [6.45, 7) is 0. The summed E-state index contributed by atoms with van der Waals surface area (Å²) in [7, 11) is 0. The minimum atomic E-state index is -4.65. The van der Waals surface area contributed by atoms with Gasteiger partial charge in [-0.1, -0.05) is 23.1 Å². The molecule has 2 heterocycles. The van der Waals surface area contributed by atoms with Gasteiger partial charge in [-0.15, -0.1) is 10.2 Å². The number of hydrazine groups is 1. The van der Waals surface area contributed by atoms with Gasteiger partial charge in [0.25, 0.3) is 0 Å². The number of nitrogen functional groups attached to an aromatic ring is 1. The number of thioether (sulfide) groups is 1. The van der Waals surface area contributed by atoms with Gasteiger partial charge in [-0.2, -0.15) is 13.2 Å². The van der Waals surface area contributed by atoms with E-state index in [1.807, 2.05) is 6.26 Å². The number of nitrogens with two attached hydrogens (primary N) is 1. The van der Waals surface area contributed by atoms with Gasteiger partial charge in [-0.25, -0.2) is 15.8 Å². The third-order valence-electron chi connectivity index (χ3n) is 1.86. The molecule has 3 N–H and O–H groups in total. The van der Waals surface area contributed by atoms with E-state index in [0.717, 1.165) is 16.1 Å². The molecule has 0 bridgehead atoms. The molecule has 20 heavy (non-hydrogen) atoms. The highest BCUT2D eigenvalue weighted by molar-refractivity contribution is 8.02. The maximum Gasteiger partial charge on any atom is 0.451 e. The number of hydrogen-bond donors (Lipinski definition) is 2. The summed E-state index contributed by atoms with van der Waals surface area (Å²) in [5, 5.41) is 7.78. The van der Waals surface area contributed by atoms with Crippen molar-refractivity contribution < 1.29 is 13.2 Å². The van der Waals surface area contributed by atoms with Crippen LogP contribution in [0.4, 0.5) is 19.0 Å². The van der Waals surface area contributed by atoms with E-state index in [0.29, 0.717) is 4.34 Å². The van der Waals surface area contributed by atoms with E-state index in [-0.39, 0.29) is 10.8 Å². The number of anilines is 1. The van der Waals surface area contributed by atoms with E-state index >= 15 is 0 Å². The van der Waals surface area contributed by atoms with Crippen molar-refractivity contribution in [3.63, 3.8) is 0 Å². The maximum absolute atomic E-state index is 12.7. The summed E-state index contributed by atoms with van der Waals surface area (Å²) in [6, 6.07) is 1.31. The number of hydrogen-bond acceptors (Lipinski definition) is 9. The standard InChI is InChI=1S/C8H7F3N6S3/c1-18-6-16-17-7(20-6)19-4-2-3(15-12)13-5(14-4)8(9,10)11/h2H,12H2,1H3,(H,13,14,15). The van der Waals surface area contributed by atoms with Gasteiger partial charge in [0.05, 0.1) is 0 Å². The molecule has 0 atom stereocenters. The molecule has 2 rings (SSSR count). The minimum absolute atomic E-state index is 0.0871. The molecule has 6 nitrogen and oxygen atoms in total. The number of nitrogens with one attached hydrogen (secondary N) is 1. The largest absolute Gasteiger partial charge is 0.451 e. The molecule has 0 amide bonds. The van der Waals surface area contributed by atoms with Gasteiger partial charge in [0, 0.05) is 6.07 Å². The molecule has 0 aliphatic carbocycles. The smallest absolute Gasteiger partial charge is 0.308 e. The Morgan fingerprint density at radius 1 is 1.25 bits per heavy atom. The molecule has 0 fully saturated rings. The van der Waals surface area contributed by atoms with Gasteiger partial charge in [0.2, 0.25) is 5.82 Å². The lowest BCUT2D eigenvalue weighted by Gasteiger charge is -2.08. The van der Waals surface area contributed by atoms with Crippen LogP contribution in [0.2, 0.25) is 0 Å². The monoisotopic (exact) mass is 340 g/mol. The highest BCUT2D eigenvalue weighted by Crippen LogP contribution is 2.34. The first-order chi connectivity index (χ1) is 9.42. The number of halogens is 3. The fourth-order valence-corrected chi connectivity index (χ4v) is 3.47. The third kappa shape index (κ3) is 3.71. The van der Waals surface area contributed by atoms with Gasteiger partial charge >= 0.3 is 6.18 Å². The molecule has 0 aliphatic heterocycles. The van der Waals surface area contributed by atoms with Gasteiger partial charge in [0.15, 0.2) is 8.68 Å². The van der Waals surface area contributed by atoms with Crippen molar-refractivity contribution in [3.8, 4) is 0 Å². The lowest BCUT2D eigenvalue weighted by molar-refractivity contribution is -0.145. The predicted octanol–water partition coefficient (Wildman–Crippen LogP) is 2.51. The van der Waals surface area contributed by atoms with Crippen molar-refractivity contribution in [1.29, 1.82) is 0 Å². The van der Waals surface area contributed by atoms with Crippen molar-refractivity contribution >= 4 is 40.7 Å². The topological polar surface area (TPSA) is 89.6 Å². The summed E-state index contributed by atoms with van der Waals surface area (Å²) in [5.74, 6) is 3.72. The average Bonchev–Trinajstić information content (AvgIpc) is 2.85. The number of nitrogens with zero attached hydrogens (tertiary/aromatic N) is 4. The van der Waals surface area contributed by atoms with Crippen LogP contribution >= 0.6 is 34.9 Å². The Bertz CT molecular complexity index is 601. The molecule has 0 unspecified atom stereocenters. The first-order valence-corrected chi connectivity index (χ1v) is 7.76. The zero-order valence-corrected chi connectivity index (χ0v) is 12.3. The Labute approximate surface area is 123 Å². The molecule has 12 heteroatoms. The SMILES string of the molecule is CSc1nnc(Sc2cc(NN)nc(C(F)(F)F)n2)s1. The van der Waals surface area contributed by atoms with Crippen LogP contribution in [-0.2, 0) is 6.18 Å². The molecular formula is C8H7F3N6S3. The molecule has 0 saturated heterocycles. The Morgan fingerprint density at radius 2 is 1.95 bits per heavy atom. The van der Waals surface area contributed by atoms with Gasteiger partial charge in [-0.05, 0) is 18.0 Å². The van der Waals surface area contributed by atoms with E-state index in [1.54, 1.807) is 0 Å². The van der Waals surface area contributed by atoms with Crippen LogP contribution in [0.5, 0.6) is 0 Å². The zero-order chi connectivity index (χ0) is 14.8. The van der Waals surface area contributed by atoms with Crippen LogP contribution in [-0.4, -0.2) is 26.4 Å². The quantitative estimate of drug-likeness (QED) is 0.380. The Hall–Kier alpha value is -1.11. The van der Waals surface area contributed by atoms with Gasteiger partial charge in [-0.3, -0.25) is 0 Å². The molecule has 0 radical (unpaired) electrons. The molecule has 2 aromatic rings. The van der Waals surface area contributed by atoms with Crippen molar-refractivity contribution in [2.75, 3.05) is 11.7 Å². The van der Waals surface area contributed by atoms with Gasteiger partial charge < -0.3 is 5.43 Å². The first kappa shape index (κ1) is 15.3. The van der Waals surface area contributed by atoms with Crippen LogP contribution in [0.25, 0.3) is 0 Å².